The third kappa shape index (κ3) is 2.02. The van der Waals surface area contributed by atoms with E-state index in [1.165, 1.54) is 11.1 Å². The average Bonchev–Trinajstić information content (AvgIpc) is 2.31. The van der Waals surface area contributed by atoms with Gasteiger partial charge in [-0.15, -0.1) is 0 Å². The van der Waals surface area contributed by atoms with Crippen LogP contribution in [0.4, 0.5) is 0 Å². The van der Waals surface area contributed by atoms with E-state index in [4.69, 9.17) is 1.37 Å². The van der Waals surface area contributed by atoms with Gasteiger partial charge in [0.05, 0.1) is 0 Å². The molecule has 70 valence electrons. The van der Waals surface area contributed by atoms with Gasteiger partial charge in [-0.05, 0) is 30.0 Å². The molecule has 0 bridgehead atoms. The first kappa shape index (κ1) is 7.81. The lowest BCUT2D eigenvalue weighted by Gasteiger charge is -2.04. The summed E-state index contributed by atoms with van der Waals surface area (Å²) in [4.78, 5) is 0. The number of hydrogen-bond acceptors (Lipinski definition) is 0. The van der Waals surface area contributed by atoms with E-state index in [1.807, 2.05) is 24.3 Å². The number of hydrogen-bond donors (Lipinski definition) is 0. The van der Waals surface area contributed by atoms with Gasteiger partial charge in [-0.25, -0.2) is 0 Å². The van der Waals surface area contributed by atoms with Crippen molar-refractivity contribution >= 4 is 0 Å². The Labute approximate surface area is 86.6 Å². The van der Waals surface area contributed by atoms with Gasteiger partial charge in [0.25, 0.3) is 0 Å². The van der Waals surface area contributed by atoms with Crippen LogP contribution in [0.5, 0.6) is 0 Å². The van der Waals surface area contributed by atoms with Gasteiger partial charge in [-0.2, -0.15) is 0 Å². The summed E-state index contributed by atoms with van der Waals surface area (Å²) in [5.41, 5.74) is 3.69. The number of rotatable bonds is 2. The maximum Gasteiger partial charge on any atom is 0.0280 e. The minimum absolute atomic E-state index is 0.364. The molecule has 0 saturated carbocycles. The molecule has 0 heteroatoms. The third-order valence-corrected chi connectivity index (χ3v) is 2.36. The second-order valence-electron chi connectivity index (χ2n) is 3.43. The third-order valence-electron chi connectivity index (χ3n) is 2.36. The second kappa shape index (κ2) is 4.10. The standard InChI is InChI=1S/C14H14/c1-12-7-5-6-10-14(12)11-13-8-3-2-4-9-13/h2-10H,11H2,1H3/i1D. The Hall–Kier alpha value is -1.56. The van der Waals surface area contributed by atoms with Gasteiger partial charge in [0.15, 0.2) is 0 Å². The van der Waals surface area contributed by atoms with Crippen molar-refractivity contribution in [1.82, 2.24) is 0 Å². The lowest BCUT2D eigenvalue weighted by atomic mass is 10.0. The van der Waals surface area contributed by atoms with E-state index >= 15 is 0 Å². The molecule has 14 heavy (non-hydrogen) atoms. The van der Waals surface area contributed by atoms with E-state index in [0.717, 1.165) is 12.0 Å². The van der Waals surface area contributed by atoms with Gasteiger partial charge in [-0.3, -0.25) is 0 Å². The Kier molecular flexibility index (Phi) is 2.29. The molecular formula is C14H14. The van der Waals surface area contributed by atoms with Crippen molar-refractivity contribution in [2.75, 3.05) is 0 Å². The van der Waals surface area contributed by atoms with Crippen molar-refractivity contribution in [2.45, 2.75) is 13.3 Å². The van der Waals surface area contributed by atoms with Crippen LogP contribution in [0.1, 0.15) is 18.1 Å². The first-order chi connectivity index (χ1) is 7.40. The topological polar surface area (TPSA) is 0 Å². The molecule has 2 rings (SSSR count). The van der Waals surface area contributed by atoms with Crippen molar-refractivity contribution in [3.63, 3.8) is 0 Å². The summed E-state index contributed by atoms with van der Waals surface area (Å²) in [7, 11) is 0. The van der Waals surface area contributed by atoms with Crippen LogP contribution < -0.4 is 0 Å². The molecule has 0 aromatic heterocycles. The van der Waals surface area contributed by atoms with Gasteiger partial charge in [0, 0.05) is 1.37 Å². The zero-order chi connectivity index (χ0) is 10.5. The molecule has 0 saturated heterocycles. The Morgan fingerprint density at radius 2 is 1.64 bits per heavy atom. The van der Waals surface area contributed by atoms with Crippen molar-refractivity contribution in [3.05, 3.63) is 71.3 Å². The summed E-state index contributed by atoms with van der Waals surface area (Å²) in [6, 6.07) is 18.6. The number of benzene rings is 2. The van der Waals surface area contributed by atoms with Crippen LogP contribution in [-0.4, -0.2) is 0 Å². The van der Waals surface area contributed by atoms with E-state index in [2.05, 4.69) is 30.3 Å². The van der Waals surface area contributed by atoms with Crippen molar-refractivity contribution in [1.29, 1.82) is 0 Å². The van der Waals surface area contributed by atoms with Crippen LogP contribution >= 0.6 is 0 Å². The highest BCUT2D eigenvalue weighted by molar-refractivity contribution is 5.31. The van der Waals surface area contributed by atoms with Gasteiger partial charge in [0.2, 0.25) is 0 Å². The normalized spacial score (nSPS) is 11.0. The quantitative estimate of drug-likeness (QED) is 0.667. The van der Waals surface area contributed by atoms with E-state index in [9.17, 15) is 0 Å². The molecule has 0 N–H and O–H groups in total. The van der Waals surface area contributed by atoms with Crippen molar-refractivity contribution in [3.8, 4) is 0 Å². The predicted octanol–water partition coefficient (Wildman–Crippen LogP) is 3.59. The number of aryl methyl sites for hydroxylation is 1. The van der Waals surface area contributed by atoms with E-state index in [1.54, 1.807) is 0 Å². The van der Waals surface area contributed by atoms with Gasteiger partial charge < -0.3 is 0 Å². The molecular weight excluding hydrogens is 168 g/mol. The molecule has 0 aliphatic heterocycles. The van der Waals surface area contributed by atoms with E-state index < -0.39 is 0 Å². The monoisotopic (exact) mass is 183 g/mol. The minimum Gasteiger partial charge on any atom is -0.0622 e. The van der Waals surface area contributed by atoms with Crippen molar-refractivity contribution < 1.29 is 1.37 Å². The summed E-state index contributed by atoms with van der Waals surface area (Å²) in [6.07, 6.45) is 0.926. The molecule has 0 amide bonds. The van der Waals surface area contributed by atoms with Crippen LogP contribution in [-0.2, 0) is 6.42 Å². The summed E-state index contributed by atoms with van der Waals surface area (Å²) in [6.45, 7) is 0.364. The molecule has 0 radical (unpaired) electrons. The van der Waals surface area contributed by atoms with Crippen LogP contribution in [0, 0.1) is 6.90 Å². The fourth-order valence-electron chi connectivity index (χ4n) is 1.55. The molecule has 0 spiro atoms. The van der Waals surface area contributed by atoms with E-state index in [-0.39, 0.29) is 0 Å². The molecule has 0 heterocycles. The average molecular weight is 183 g/mol. The summed E-state index contributed by atoms with van der Waals surface area (Å²) >= 11 is 0. The lowest BCUT2D eigenvalue weighted by Crippen LogP contribution is -1.90. The fourth-order valence-corrected chi connectivity index (χ4v) is 1.55. The maximum absolute atomic E-state index is 7.45. The molecule has 0 atom stereocenters. The Bertz CT molecular complexity index is 420. The molecule has 0 aliphatic carbocycles. The predicted molar refractivity (Wildman–Crippen MR) is 60.4 cm³/mol. The molecule has 0 aliphatic rings. The second-order valence-corrected chi connectivity index (χ2v) is 3.43. The summed E-state index contributed by atoms with van der Waals surface area (Å²) in [5, 5.41) is 0. The highest BCUT2D eigenvalue weighted by atomic mass is 14.0. The molecule has 0 nitrogen and oxygen atoms in total. The smallest absolute Gasteiger partial charge is 0.0280 e. The zero-order valence-electron chi connectivity index (χ0n) is 9.11. The van der Waals surface area contributed by atoms with Crippen molar-refractivity contribution in [2.24, 2.45) is 0 Å². The zero-order valence-corrected chi connectivity index (χ0v) is 8.11. The van der Waals surface area contributed by atoms with Crippen LogP contribution in [0.3, 0.4) is 0 Å². The first-order valence-electron chi connectivity index (χ1n) is 5.51. The molecule has 0 fully saturated rings. The van der Waals surface area contributed by atoms with Gasteiger partial charge in [0.1, 0.15) is 0 Å². The van der Waals surface area contributed by atoms with Gasteiger partial charge in [-0.1, -0.05) is 54.6 Å². The Morgan fingerprint density at radius 1 is 0.929 bits per heavy atom. The Balaban J connectivity index is 2.24. The van der Waals surface area contributed by atoms with E-state index in [0.29, 0.717) is 6.90 Å². The molecule has 2 aromatic rings. The Morgan fingerprint density at radius 3 is 2.43 bits per heavy atom. The van der Waals surface area contributed by atoms with Crippen LogP contribution in [0.25, 0.3) is 0 Å². The molecule has 2 aromatic carbocycles. The first-order valence-corrected chi connectivity index (χ1v) is 4.80. The summed E-state index contributed by atoms with van der Waals surface area (Å²) < 4.78 is 7.45. The van der Waals surface area contributed by atoms with Crippen LogP contribution in [0.2, 0.25) is 0 Å². The highest BCUT2D eigenvalue weighted by Crippen LogP contribution is 2.12. The highest BCUT2D eigenvalue weighted by Gasteiger charge is 1.97. The lowest BCUT2D eigenvalue weighted by molar-refractivity contribution is 1.16. The largest absolute Gasteiger partial charge is 0.0622 e. The molecule has 0 unspecified atom stereocenters. The SMILES string of the molecule is [2H]Cc1ccccc1Cc1ccccc1. The minimum atomic E-state index is 0.364. The fraction of sp³-hybridized carbons (Fsp3) is 0.143. The van der Waals surface area contributed by atoms with Crippen LogP contribution in [0.15, 0.2) is 54.6 Å². The maximum atomic E-state index is 7.45. The summed E-state index contributed by atoms with van der Waals surface area (Å²) in [5.74, 6) is 0. The van der Waals surface area contributed by atoms with Gasteiger partial charge >= 0.3 is 0 Å².